The number of rotatable bonds is 5. The molecule has 3 heterocycles. The summed E-state index contributed by atoms with van der Waals surface area (Å²) in [6.07, 6.45) is 1.17. The molecule has 0 atom stereocenters. The van der Waals surface area contributed by atoms with E-state index < -0.39 is 0 Å². The third kappa shape index (κ3) is 4.17. The van der Waals surface area contributed by atoms with Gasteiger partial charge in [0, 0.05) is 30.2 Å². The molecule has 8 heteroatoms. The molecule has 25 heavy (non-hydrogen) atoms. The minimum atomic E-state index is 0.737. The van der Waals surface area contributed by atoms with Crippen LogP contribution in [0.4, 0.5) is 0 Å². The number of morpholine rings is 1. The van der Waals surface area contributed by atoms with E-state index >= 15 is 0 Å². The number of thioether (sulfide) groups is 1. The van der Waals surface area contributed by atoms with E-state index in [-0.39, 0.29) is 0 Å². The van der Waals surface area contributed by atoms with Crippen molar-refractivity contribution < 1.29 is 4.74 Å². The number of fused-ring (bicyclic) bond motifs is 1. The lowest BCUT2D eigenvalue weighted by Gasteiger charge is -2.30. The Kier molecular flexibility index (Phi) is 5.57. The number of aromatic nitrogens is 3. The van der Waals surface area contributed by atoms with Crippen molar-refractivity contribution in [2.45, 2.75) is 18.2 Å². The van der Waals surface area contributed by atoms with Crippen molar-refractivity contribution in [3.8, 4) is 11.4 Å². The molecule has 0 aliphatic carbocycles. The van der Waals surface area contributed by atoms with Crippen LogP contribution >= 0.6 is 23.4 Å². The van der Waals surface area contributed by atoms with Gasteiger partial charge < -0.3 is 4.74 Å². The van der Waals surface area contributed by atoms with E-state index in [1.54, 1.807) is 11.8 Å². The van der Waals surface area contributed by atoms with Crippen LogP contribution in [0.25, 0.3) is 11.4 Å². The van der Waals surface area contributed by atoms with Crippen LogP contribution in [-0.2, 0) is 11.4 Å². The highest BCUT2D eigenvalue weighted by Crippen LogP contribution is 2.29. The van der Waals surface area contributed by atoms with Crippen molar-refractivity contribution in [3.63, 3.8) is 0 Å². The molecular formula is C17H22ClN5OS. The minimum absolute atomic E-state index is 0.737. The summed E-state index contributed by atoms with van der Waals surface area (Å²) in [4.78, 5) is 4.95. The van der Waals surface area contributed by atoms with E-state index in [9.17, 15) is 0 Å². The molecule has 134 valence electrons. The Morgan fingerprint density at radius 1 is 1.04 bits per heavy atom. The first kappa shape index (κ1) is 17.3. The van der Waals surface area contributed by atoms with E-state index in [0.717, 1.165) is 73.5 Å². The predicted molar refractivity (Wildman–Crippen MR) is 99.8 cm³/mol. The number of halogens is 1. The van der Waals surface area contributed by atoms with Gasteiger partial charge in [-0.25, -0.2) is 0 Å². The number of nitrogens with zero attached hydrogens (tertiary/aromatic N) is 5. The van der Waals surface area contributed by atoms with E-state index in [1.165, 1.54) is 6.42 Å². The highest BCUT2D eigenvalue weighted by Gasteiger charge is 2.22. The van der Waals surface area contributed by atoms with E-state index in [0.29, 0.717) is 0 Å². The van der Waals surface area contributed by atoms with Gasteiger partial charge in [0.2, 0.25) is 0 Å². The average Bonchev–Trinajstić information content (AvgIpc) is 3.07. The fraction of sp³-hybridized carbons (Fsp3) is 0.529. The SMILES string of the molecule is Clc1ccc(-c2nnc3n2CN(CCCN2CCOCC2)CS3)cc1. The molecule has 0 N–H and O–H groups in total. The largest absolute Gasteiger partial charge is 0.379 e. The van der Waals surface area contributed by atoms with Gasteiger partial charge in [-0.15, -0.1) is 10.2 Å². The summed E-state index contributed by atoms with van der Waals surface area (Å²) in [5, 5.41) is 10.5. The zero-order valence-corrected chi connectivity index (χ0v) is 15.7. The molecule has 0 saturated carbocycles. The third-order valence-electron chi connectivity index (χ3n) is 4.59. The molecule has 0 bridgehead atoms. The van der Waals surface area contributed by atoms with Gasteiger partial charge >= 0.3 is 0 Å². The molecule has 4 rings (SSSR count). The van der Waals surface area contributed by atoms with Crippen LogP contribution < -0.4 is 0 Å². The molecule has 1 saturated heterocycles. The fourth-order valence-electron chi connectivity index (χ4n) is 3.20. The standard InChI is InChI=1S/C17H22ClN5OS/c18-15-4-2-14(3-5-15)16-19-20-17-23(16)12-22(13-25-17)7-1-6-21-8-10-24-11-9-21/h2-5H,1,6-13H2. The number of ether oxygens (including phenoxy) is 1. The highest BCUT2D eigenvalue weighted by atomic mass is 35.5. The first-order chi connectivity index (χ1) is 12.3. The Bertz CT molecular complexity index is 702. The minimum Gasteiger partial charge on any atom is -0.379 e. The van der Waals surface area contributed by atoms with Crippen LogP contribution in [0, 0.1) is 0 Å². The molecule has 0 unspecified atom stereocenters. The highest BCUT2D eigenvalue weighted by molar-refractivity contribution is 7.99. The fourth-order valence-corrected chi connectivity index (χ4v) is 4.24. The van der Waals surface area contributed by atoms with Crippen molar-refractivity contribution in [2.75, 3.05) is 45.3 Å². The Balaban J connectivity index is 1.37. The maximum Gasteiger partial charge on any atom is 0.193 e. The maximum atomic E-state index is 5.99. The Hall–Kier alpha value is -1.12. The second kappa shape index (κ2) is 8.05. The van der Waals surface area contributed by atoms with Gasteiger partial charge in [-0.2, -0.15) is 0 Å². The van der Waals surface area contributed by atoms with Gasteiger partial charge in [-0.3, -0.25) is 14.4 Å². The molecule has 6 nitrogen and oxygen atoms in total. The molecule has 2 aliphatic heterocycles. The number of hydrogen-bond donors (Lipinski definition) is 0. The molecule has 2 aromatic rings. The van der Waals surface area contributed by atoms with Crippen molar-refractivity contribution in [1.82, 2.24) is 24.6 Å². The van der Waals surface area contributed by atoms with Gasteiger partial charge in [0.1, 0.15) is 0 Å². The normalized spacial score (nSPS) is 19.1. The van der Waals surface area contributed by atoms with Crippen LogP contribution in [-0.4, -0.2) is 69.8 Å². The molecule has 2 aliphatic rings. The van der Waals surface area contributed by atoms with Crippen LogP contribution in [0.2, 0.25) is 5.02 Å². The zero-order chi connectivity index (χ0) is 17.1. The molecule has 1 aromatic heterocycles. The predicted octanol–water partition coefficient (Wildman–Crippen LogP) is 2.64. The lowest BCUT2D eigenvalue weighted by molar-refractivity contribution is 0.0359. The average molecular weight is 380 g/mol. The summed E-state index contributed by atoms with van der Waals surface area (Å²) < 4.78 is 7.61. The lowest BCUT2D eigenvalue weighted by atomic mass is 10.2. The zero-order valence-electron chi connectivity index (χ0n) is 14.1. The van der Waals surface area contributed by atoms with Gasteiger partial charge in [0.25, 0.3) is 0 Å². The van der Waals surface area contributed by atoms with Crippen LogP contribution in [0.3, 0.4) is 0 Å². The maximum absolute atomic E-state index is 5.99. The smallest absolute Gasteiger partial charge is 0.193 e. The number of hydrogen-bond acceptors (Lipinski definition) is 6. The third-order valence-corrected chi connectivity index (χ3v) is 5.90. The summed E-state index contributed by atoms with van der Waals surface area (Å²) in [6.45, 7) is 6.93. The van der Waals surface area contributed by atoms with E-state index in [1.807, 2.05) is 24.3 Å². The monoisotopic (exact) mass is 379 g/mol. The molecule has 0 amide bonds. The van der Waals surface area contributed by atoms with Crippen molar-refractivity contribution >= 4 is 23.4 Å². The van der Waals surface area contributed by atoms with Crippen LogP contribution in [0.1, 0.15) is 6.42 Å². The first-order valence-corrected chi connectivity index (χ1v) is 10.0. The topological polar surface area (TPSA) is 46.4 Å². The van der Waals surface area contributed by atoms with E-state index in [2.05, 4.69) is 24.6 Å². The summed E-state index contributed by atoms with van der Waals surface area (Å²) >= 11 is 7.75. The first-order valence-electron chi connectivity index (χ1n) is 8.64. The van der Waals surface area contributed by atoms with Crippen molar-refractivity contribution in [1.29, 1.82) is 0 Å². The summed E-state index contributed by atoms with van der Waals surface area (Å²) in [5.41, 5.74) is 1.05. The molecule has 0 spiro atoms. The molecule has 0 radical (unpaired) electrons. The van der Waals surface area contributed by atoms with Crippen molar-refractivity contribution in [2.24, 2.45) is 0 Å². The molecular weight excluding hydrogens is 358 g/mol. The van der Waals surface area contributed by atoms with Crippen LogP contribution in [0.15, 0.2) is 29.4 Å². The Morgan fingerprint density at radius 3 is 2.60 bits per heavy atom. The van der Waals surface area contributed by atoms with Gasteiger partial charge in [0.05, 0.1) is 25.8 Å². The van der Waals surface area contributed by atoms with Crippen LogP contribution in [0.5, 0.6) is 0 Å². The summed E-state index contributed by atoms with van der Waals surface area (Å²) in [6, 6.07) is 7.80. The Morgan fingerprint density at radius 2 is 1.80 bits per heavy atom. The Labute approximate surface area is 157 Å². The summed E-state index contributed by atoms with van der Waals surface area (Å²) in [7, 11) is 0. The second-order valence-electron chi connectivity index (χ2n) is 6.36. The number of benzene rings is 1. The molecule has 1 aromatic carbocycles. The van der Waals surface area contributed by atoms with Gasteiger partial charge in [-0.1, -0.05) is 23.4 Å². The molecule has 1 fully saturated rings. The van der Waals surface area contributed by atoms with E-state index in [4.69, 9.17) is 16.3 Å². The van der Waals surface area contributed by atoms with Gasteiger partial charge in [0.15, 0.2) is 11.0 Å². The quantitative estimate of drug-likeness (QED) is 0.795. The lowest BCUT2D eigenvalue weighted by Crippen LogP contribution is -2.38. The summed E-state index contributed by atoms with van der Waals surface area (Å²) in [5.74, 6) is 1.89. The van der Waals surface area contributed by atoms with Gasteiger partial charge in [-0.05, 0) is 37.2 Å². The van der Waals surface area contributed by atoms with Crippen molar-refractivity contribution in [3.05, 3.63) is 29.3 Å². The second-order valence-corrected chi connectivity index (χ2v) is 7.71.